The number of carbonyl (C=O) groups is 1. The molecule has 0 bridgehead atoms. The lowest BCUT2D eigenvalue weighted by atomic mass is 9.79. The molecule has 0 aliphatic carbocycles. The van der Waals surface area contributed by atoms with Gasteiger partial charge in [0.2, 0.25) is 10.0 Å². The molecule has 2 heterocycles. The molecule has 0 unspecified atom stereocenters. The summed E-state index contributed by atoms with van der Waals surface area (Å²) in [4.78, 5) is 14.2. The molecule has 0 saturated carbocycles. The maximum absolute atomic E-state index is 14.1. The molecule has 0 N–H and O–H groups in total. The zero-order valence-corrected chi connectivity index (χ0v) is 22.5. The highest BCUT2D eigenvalue weighted by molar-refractivity contribution is 7.89. The second-order valence-corrected chi connectivity index (χ2v) is 12.2. The average molecular weight is 528 g/mol. The molecule has 0 fully saturated rings. The Bertz CT molecular complexity index is 1510. The summed E-state index contributed by atoms with van der Waals surface area (Å²) in [5.74, 6) is -0.312. The molecule has 0 radical (unpaired) electrons. The van der Waals surface area contributed by atoms with Gasteiger partial charge in [-0.05, 0) is 59.5 Å². The summed E-state index contributed by atoms with van der Waals surface area (Å²) in [6.07, 6.45) is 0.462. The fraction of sp³-hybridized carbons (Fsp3) is 0.194. The van der Waals surface area contributed by atoms with E-state index in [1.807, 2.05) is 103 Å². The van der Waals surface area contributed by atoms with Crippen LogP contribution in [-0.2, 0) is 16.4 Å². The lowest BCUT2D eigenvalue weighted by molar-refractivity contribution is 0.101. The van der Waals surface area contributed by atoms with E-state index in [1.54, 1.807) is 16.4 Å². The fourth-order valence-electron chi connectivity index (χ4n) is 5.09. The van der Waals surface area contributed by atoms with Gasteiger partial charge in [0.15, 0.2) is 5.78 Å². The first-order valence-corrected chi connectivity index (χ1v) is 14.7. The van der Waals surface area contributed by atoms with Gasteiger partial charge >= 0.3 is 0 Å². The van der Waals surface area contributed by atoms with Crippen LogP contribution in [0.2, 0.25) is 0 Å². The Morgan fingerprint density at radius 2 is 1.57 bits per heavy atom. The van der Waals surface area contributed by atoms with Crippen LogP contribution >= 0.6 is 11.3 Å². The monoisotopic (exact) mass is 527 g/mol. The van der Waals surface area contributed by atoms with Crippen molar-refractivity contribution in [1.29, 1.82) is 0 Å². The standard InChI is InChI=1S/C31H29NO3S2/c1-22-13-15-27(16-14-22)37(34,35)32-20-23(2)29(31(33)26-17-18-36-21-26)30(25-11-7-4-8-12-25)28(32)19-24-9-5-3-6-10-24/h3-18,21,23,28H,19-20H2,1-2H3/t23-,28-/m0/s1. The number of hydrogen-bond donors (Lipinski definition) is 0. The number of Topliss-reactive ketones (excluding diaryl/α,β-unsaturated/α-hetero) is 1. The van der Waals surface area contributed by atoms with Crippen LogP contribution in [0.15, 0.2) is 112 Å². The van der Waals surface area contributed by atoms with Gasteiger partial charge < -0.3 is 0 Å². The number of benzene rings is 3. The summed E-state index contributed by atoms with van der Waals surface area (Å²) in [5.41, 5.74) is 5.02. The van der Waals surface area contributed by atoms with E-state index in [1.165, 1.54) is 11.3 Å². The third kappa shape index (κ3) is 5.10. The van der Waals surface area contributed by atoms with Crippen molar-refractivity contribution in [3.63, 3.8) is 0 Å². The van der Waals surface area contributed by atoms with Crippen LogP contribution in [0.5, 0.6) is 0 Å². The lowest BCUT2D eigenvalue weighted by Gasteiger charge is -2.41. The van der Waals surface area contributed by atoms with Crippen LogP contribution < -0.4 is 0 Å². The summed E-state index contributed by atoms with van der Waals surface area (Å²) in [7, 11) is -3.83. The first-order chi connectivity index (χ1) is 17.9. The van der Waals surface area contributed by atoms with Gasteiger partial charge in [0.25, 0.3) is 0 Å². The minimum Gasteiger partial charge on any atom is -0.289 e. The summed E-state index contributed by atoms with van der Waals surface area (Å²) in [6, 6.07) is 28.0. The second kappa shape index (κ2) is 10.6. The Labute approximate surface area is 223 Å². The minimum absolute atomic E-state index is 0.0296. The minimum atomic E-state index is -3.83. The summed E-state index contributed by atoms with van der Waals surface area (Å²) >= 11 is 1.49. The van der Waals surface area contributed by atoms with Gasteiger partial charge in [-0.3, -0.25) is 4.79 Å². The molecule has 6 heteroatoms. The molecule has 1 aliphatic heterocycles. The fourth-order valence-corrected chi connectivity index (χ4v) is 7.41. The Balaban J connectivity index is 1.74. The topological polar surface area (TPSA) is 54.5 Å². The van der Waals surface area contributed by atoms with Crippen molar-refractivity contribution in [3.8, 4) is 0 Å². The van der Waals surface area contributed by atoms with Gasteiger partial charge in [-0.25, -0.2) is 8.42 Å². The number of aryl methyl sites for hydroxylation is 1. The van der Waals surface area contributed by atoms with Crippen molar-refractivity contribution in [2.24, 2.45) is 5.92 Å². The van der Waals surface area contributed by atoms with E-state index < -0.39 is 16.1 Å². The lowest BCUT2D eigenvalue weighted by Crippen LogP contribution is -2.49. The molecule has 1 aromatic heterocycles. The highest BCUT2D eigenvalue weighted by Crippen LogP contribution is 2.41. The molecule has 5 rings (SSSR count). The molecule has 3 aromatic carbocycles. The van der Waals surface area contributed by atoms with Crippen molar-refractivity contribution in [2.45, 2.75) is 31.2 Å². The maximum atomic E-state index is 14.1. The van der Waals surface area contributed by atoms with Crippen molar-refractivity contribution in [1.82, 2.24) is 4.31 Å². The smallest absolute Gasteiger partial charge is 0.243 e. The normalized spacial score (nSPS) is 18.6. The Morgan fingerprint density at radius 1 is 0.919 bits per heavy atom. The molecular formula is C31H29NO3S2. The number of hydrogen-bond acceptors (Lipinski definition) is 4. The molecule has 2 atom stereocenters. The number of sulfonamides is 1. The van der Waals surface area contributed by atoms with E-state index in [0.717, 1.165) is 22.3 Å². The van der Waals surface area contributed by atoms with Crippen molar-refractivity contribution in [2.75, 3.05) is 6.54 Å². The van der Waals surface area contributed by atoms with E-state index in [9.17, 15) is 13.2 Å². The van der Waals surface area contributed by atoms with Gasteiger partial charge in [0, 0.05) is 23.1 Å². The molecule has 0 amide bonds. The largest absolute Gasteiger partial charge is 0.289 e. The van der Waals surface area contributed by atoms with Gasteiger partial charge in [-0.2, -0.15) is 15.6 Å². The first-order valence-electron chi connectivity index (χ1n) is 12.3. The van der Waals surface area contributed by atoms with Gasteiger partial charge in [-0.15, -0.1) is 0 Å². The van der Waals surface area contributed by atoms with Crippen LogP contribution in [-0.4, -0.2) is 31.1 Å². The number of ketones is 1. The number of nitrogens with zero attached hydrogens (tertiary/aromatic N) is 1. The molecular weight excluding hydrogens is 498 g/mol. The Kier molecular flexibility index (Phi) is 7.24. The first kappa shape index (κ1) is 25.3. The predicted octanol–water partition coefficient (Wildman–Crippen LogP) is 6.64. The predicted molar refractivity (Wildman–Crippen MR) is 150 cm³/mol. The zero-order chi connectivity index (χ0) is 26.0. The molecule has 4 nitrogen and oxygen atoms in total. The number of rotatable bonds is 7. The number of carbonyl (C=O) groups excluding carboxylic acids is 1. The van der Waals surface area contributed by atoms with E-state index in [2.05, 4.69) is 0 Å². The molecule has 4 aromatic rings. The van der Waals surface area contributed by atoms with Crippen LogP contribution in [0.4, 0.5) is 0 Å². The van der Waals surface area contributed by atoms with Crippen molar-refractivity contribution in [3.05, 3.63) is 130 Å². The molecule has 188 valence electrons. The maximum Gasteiger partial charge on any atom is 0.243 e. The van der Waals surface area contributed by atoms with E-state index in [0.29, 0.717) is 17.6 Å². The Hall–Kier alpha value is -3.32. The third-order valence-corrected chi connectivity index (χ3v) is 9.50. The van der Waals surface area contributed by atoms with Crippen molar-refractivity contribution >= 4 is 32.7 Å². The van der Waals surface area contributed by atoms with Gasteiger partial charge in [-0.1, -0.05) is 85.3 Å². The van der Waals surface area contributed by atoms with Crippen LogP contribution in [0.25, 0.3) is 5.57 Å². The quantitative estimate of drug-likeness (QED) is 0.253. The van der Waals surface area contributed by atoms with Crippen LogP contribution in [0.3, 0.4) is 0 Å². The molecule has 1 aliphatic rings. The molecule has 0 saturated heterocycles. The molecule has 37 heavy (non-hydrogen) atoms. The van der Waals surface area contributed by atoms with E-state index in [-0.39, 0.29) is 23.1 Å². The van der Waals surface area contributed by atoms with Gasteiger partial charge in [0.05, 0.1) is 10.9 Å². The van der Waals surface area contributed by atoms with Crippen LogP contribution in [0, 0.1) is 12.8 Å². The van der Waals surface area contributed by atoms with E-state index in [4.69, 9.17) is 0 Å². The number of thiophene rings is 1. The Morgan fingerprint density at radius 3 is 2.19 bits per heavy atom. The summed E-state index contributed by atoms with van der Waals surface area (Å²) in [6.45, 7) is 4.13. The highest BCUT2D eigenvalue weighted by atomic mass is 32.2. The van der Waals surface area contributed by atoms with Crippen LogP contribution in [0.1, 0.15) is 34.0 Å². The summed E-state index contributed by atoms with van der Waals surface area (Å²) in [5, 5.41) is 3.77. The third-order valence-electron chi connectivity index (χ3n) is 6.93. The van der Waals surface area contributed by atoms with E-state index >= 15 is 0 Å². The van der Waals surface area contributed by atoms with Gasteiger partial charge in [0.1, 0.15) is 0 Å². The highest BCUT2D eigenvalue weighted by Gasteiger charge is 2.42. The zero-order valence-electron chi connectivity index (χ0n) is 20.9. The SMILES string of the molecule is Cc1ccc(S(=O)(=O)N2C[C@H](C)C(C(=O)c3ccsc3)=C(c3ccccc3)[C@@H]2Cc2ccccc2)cc1. The molecule has 0 spiro atoms. The second-order valence-electron chi connectivity index (χ2n) is 9.53. The summed E-state index contributed by atoms with van der Waals surface area (Å²) < 4.78 is 29.9. The average Bonchev–Trinajstić information content (AvgIpc) is 3.45. The van der Waals surface area contributed by atoms with Crippen molar-refractivity contribution < 1.29 is 13.2 Å².